The second kappa shape index (κ2) is 16.5. The van der Waals surface area contributed by atoms with Crippen molar-refractivity contribution in [1.29, 1.82) is 0 Å². The fourth-order valence-electron chi connectivity index (χ4n) is 12.9. The molecule has 0 spiro atoms. The van der Waals surface area contributed by atoms with Gasteiger partial charge in [0, 0.05) is 22.4 Å². The van der Waals surface area contributed by atoms with Crippen molar-refractivity contribution >= 4 is 38.6 Å². The van der Waals surface area contributed by atoms with E-state index in [9.17, 15) is 0 Å². The van der Waals surface area contributed by atoms with Crippen LogP contribution in [0.3, 0.4) is 0 Å². The minimum atomic E-state index is -0.545. The maximum Gasteiger partial charge on any atom is 0.0714 e. The maximum absolute atomic E-state index is 2.54. The first-order valence-corrected chi connectivity index (χ1v) is 25.2. The van der Waals surface area contributed by atoms with Crippen LogP contribution in [-0.4, -0.2) is 0 Å². The number of rotatable bonds is 8. The van der Waals surface area contributed by atoms with Crippen LogP contribution in [0.5, 0.6) is 0 Å². The van der Waals surface area contributed by atoms with Crippen LogP contribution in [-0.2, 0) is 10.8 Å². The summed E-state index contributed by atoms with van der Waals surface area (Å²) < 4.78 is 0. The second-order valence-corrected chi connectivity index (χ2v) is 19.6. The van der Waals surface area contributed by atoms with Gasteiger partial charge in [-0.25, -0.2) is 0 Å². The lowest BCUT2D eigenvalue weighted by molar-refractivity contribution is 0.714. The van der Waals surface area contributed by atoms with Crippen LogP contribution in [0.1, 0.15) is 45.9 Å². The summed E-state index contributed by atoms with van der Waals surface area (Å²) in [6, 6.07) is 104. The van der Waals surface area contributed by atoms with Gasteiger partial charge in [-0.15, -0.1) is 0 Å². The minimum Gasteiger partial charge on any atom is -0.310 e. The molecule has 1 nitrogen and oxygen atoms in total. The van der Waals surface area contributed by atoms with Crippen molar-refractivity contribution in [3.05, 3.63) is 318 Å². The van der Waals surface area contributed by atoms with Crippen molar-refractivity contribution < 1.29 is 0 Å². The van der Waals surface area contributed by atoms with Crippen LogP contribution in [0.4, 0.5) is 17.1 Å². The number of fused-ring (bicyclic) bond motifs is 9. The highest BCUT2D eigenvalue weighted by molar-refractivity contribution is 6.21. The quantitative estimate of drug-likeness (QED) is 0.137. The Balaban J connectivity index is 1.04. The lowest BCUT2D eigenvalue weighted by Gasteiger charge is -2.34. The zero-order valence-corrected chi connectivity index (χ0v) is 40.0. The van der Waals surface area contributed by atoms with Gasteiger partial charge in [-0.1, -0.05) is 249 Å². The number of benzene rings is 12. The highest BCUT2D eigenvalue weighted by Gasteiger charge is 2.48. The first kappa shape index (κ1) is 41.9. The highest BCUT2D eigenvalue weighted by Crippen LogP contribution is 2.60. The molecule has 0 aromatic heterocycles. The molecule has 12 aromatic carbocycles. The van der Waals surface area contributed by atoms with Crippen LogP contribution in [0.15, 0.2) is 279 Å². The van der Waals surface area contributed by atoms with Crippen LogP contribution in [0.25, 0.3) is 66.1 Å². The van der Waals surface area contributed by atoms with Gasteiger partial charge in [0.05, 0.1) is 11.1 Å². The predicted octanol–water partition coefficient (Wildman–Crippen LogP) is 18.5. The zero-order chi connectivity index (χ0) is 47.8. The normalized spacial score (nSPS) is 14.9. The van der Waals surface area contributed by atoms with E-state index in [4.69, 9.17) is 0 Å². The van der Waals surface area contributed by atoms with Gasteiger partial charge in [-0.05, 0) is 137 Å². The highest BCUT2D eigenvalue weighted by atomic mass is 15.1. The van der Waals surface area contributed by atoms with Crippen molar-refractivity contribution in [3.63, 3.8) is 0 Å². The van der Waals surface area contributed by atoms with Crippen LogP contribution in [0, 0.1) is 0 Å². The molecule has 0 N–H and O–H groups in total. The monoisotopic (exact) mass is 915 g/mol. The van der Waals surface area contributed by atoms with E-state index in [-0.39, 0.29) is 5.41 Å². The molecule has 1 atom stereocenters. The van der Waals surface area contributed by atoms with E-state index >= 15 is 0 Å². The van der Waals surface area contributed by atoms with Gasteiger partial charge in [0.1, 0.15) is 0 Å². The molecule has 0 radical (unpaired) electrons. The maximum atomic E-state index is 2.54. The van der Waals surface area contributed by atoms with Crippen molar-refractivity contribution in [3.8, 4) is 44.5 Å². The lowest BCUT2D eigenvalue weighted by atomic mass is 9.68. The summed E-state index contributed by atoms with van der Waals surface area (Å²) in [6.07, 6.45) is 0. The van der Waals surface area contributed by atoms with Gasteiger partial charge in [-0.2, -0.15) is 0 Å². The molecule has 1 heteroatoms. The number of nitrogens with zero attached hydrogens (tertiary/aromatic N) is 1. The Morgan fingerprint density at radius 1 is 0.278 bits per heavy atom. The van der Waals surface area contributed by atoms with E-state index in [1.165, 1.54) is 105 Å². The smallest absolute Gasteiger partial charge is 0.0714 e. The average Bonchev–Trinajstić information content (AvgIpc) is 3.91. The van der Waals surface area contributed by atoms with Crippen LogP contribution < -0.4 is 4.90 Å². The van der Waals surface area contributed by atoms with Crippen molar-refractivity contribution in [2.75, 3.05) is 4.90 Å². The first-order chi connectivity index (χ1) is 35.6. The zero-order valence-electron chi connectivity index (χ0n) is 40.0. The topological polar surface area (TPSA) is 3.24 Å². The Morgan fingerprint density at radius 2 is 0.722 bits per heavy atom. The summed E-state index contributed by atoms with van der Waals surface area (Å²) in [7, 11) is 0. The number of hydrogen-bond donors (Lipinski definition) is 0. The van der Waals surface area contributed by atoms with E-state index < -0.39 is 5.41 Å². The van der Waals surface area contributed by atoms with E-state index in [1.54, 1.807) is 0 Å². The molecular formula is C71H49N. The SMILES string of the molecule is CC1(c2ccccc2)c2ccccc2-c2ccc(N(c3ccc(-c4c(-c5ccccc5)c5ccccc5c5ccccc45)cc3)c3cccc4c3-c3ccccc3C4(c3ccccc3)c3ccccc3)cc21. The molecule has 72 heavy (non-hydrogen) atoms. The predicted molar refractivity (Wildman–Crippen MR) is 302 cm³/mol. The van der Waals surface area contributed by atoms with Gasteiger partial charge in [-0.3, -0.25) is 0 Å². The average molecular weight is 916 g/mol. The third kappa shape index (κ3) is 6.07. The Bertz CT molecular complexity index is 3990. The lowest BCUT2D eigenvalue weighted by Crippen LogP contribution is -2.28. The Kier molecular flexibility index (Phi) is 9.63. The van der Waals surface area contributed by atoms with Gasteiger partial charge in [0.15, 0.2) is 0 Å². The van der Waals surface area contributed by atoms with Crippen molar-refractivity contribution in [2.45, 2.75) is 17.8 Å². The molecule has 0 heterocycles. The second-order valence-electron chi connectivity index (χ2n) is 19.6. The summed E-state index contributed by atoms with van der Waals surface area (Å²) in [5.74, 6) is 0. The van der Waals surface area contributed by atoms with Gasteiger partial charge >= 0.3 is 0 Å². The van der Waals surface area contributed by atoms with E-state index in [0.29, 0.717) is 0 Å². The molecule has 1 unspecified atom stereocenters. The minimum absolute atomic E-state index is 0.370. The van der Waals surface area contributed by atoms with Gasteiger partial charge < -0.3 is 4.90 Å². The van der Waals surface area contributed by atoms with Gasteiger partial charge in [0.25, 0.3) is 0 Å². The third-order valence-corrected chi connectivity index (χ3v) is 16.0. The molecular weight excluding hydrogens is 867 g/mol. The molecule has 0 aliphatic heterocycles. The molecule has 2 aliphatic rings. The Morgan fingerprint density at radius 3 is 1.33 bits per heavy atom. The van der Waals surface area contributed by atoms with Crippen molar-refractivity contribution in [1.82, 2.24) is 0 Å². The molecule has 14 rings (SSSR count). The molecule has 0 amide bonds. The standard InChI is InChI=1S/C71H49N/c1-70(50-25-8-3-9-26-50)62-37-20-18-33-57(62)58-46-45-54(47-65(58)70)72(66-40-22-39-64-69(66)61-36-19-21-38-63(61)71(64,51-27-10-4-11-28-51)52-29-12-5-13-30-52)53-43-41-49(42-44-53)68-60-35-17-15-32-56(60)55-31-14-16-34-59(55)67(68)48-23-6-2-7-24-48/h2-47H,1H3. The largest absolute Gasteiger partial charge is 0.310 e. The van der Waals surface area contributed by atoms with Crippen LogP contribution in [0.2, 0.25) is 0 Å². The molecule has 12 aromatic rings. The summed E-state index contributed by atoms with van der Waals surface area (Å²) >= 11 is 0. The molecule has 0 saturated carbocycles. The summed E-state index contributed by atoms with van der Waals surface area (Å²) in [4.78, 5) is 2.54. The number of anilines is 3. The molecule has 338 valence electrons. The molecule has 0 saturated heterocycles. The molecule has 0 bridgehead atoms. The summed E-state index contributed by atoms with van der Waals surface area (Å²) in [6.45, 7) is 2.42. The van der Waals surface area contributed by atoms with E-state index in [1.807, 2.05) is 0 Å². The van der Waals surface area contributed by atoms with Gasteiger partial charge in [0.2, 0.25) is 0 Å². The van der Waals surface area contributed by atoms with E-state index in [0.717, 1.165) is 17.1 Å². The first-order valence-electron chi connectivity index (χ1n) is 25.2. The number of hydrogen-bond acceptors (Lipinski definition) is 1. The third-order valence-electron chi connectivity index (χ3n) is 16.0. The Hall–Kier alpha value is -9.04. The fourth-order valence-corrected chi connectivity index (χ4v) is 12.9. The van der Waals surface area contributed by atoms with Crippen LogP contribution >= 0.6 is 0 Å². The molecule has 0 fully saturated rings. The fraction of sp³-hybridized carbons (Fsp3) is 0.0423. The molecule has 2 aliphatic carbocycles. The van der Waals surface area contributed by atoms with E-state index in [2.05, 4.69) is 291 Å². The Labute approximate surface area is 421 Å². The summed E-state index contributed by atoms with van der Waals surface area (Å²) in [5.41, 5.74) is 21.4. The van der Waals surface area contributed by atoms with Crippen molar-refractivity contribution in [2.24, 2.45) is 0 Å². The summed E-state index contributed by atoms with van der Waals surface area (Å²) in [5, 5.41) is 5.02.